The minimum absolute atomic E-state index is 0.0417. The fourth-order valence-corrected chi connectivity index (χ4v) is 4.33. The smallest absolute Gasteiger partial charge is 0.261 e. The summed E-state index contributed by atoms with van der Waals surface area (Å²) in [5.41, 5.74) is 2.39. The molecule has 2 N–H and O–H groups in total. The van der Waals surface area contributed by atoms with Gasteiger partial charge in [0.2, 0.25) is 0 Å². The van der Waals surface area contributed by atoms with E-state index in [1.54, 1.807) is 44.4 Å². The molecular formula is C20H22N4O3S. The number of fused-ring (bicyclic) bond motifs is 1. The van der Waals surface area contributed by atoms with Crippen LogP contribution in [0.3, 0.4) is 0 Å². The molecule has 1 fully saturated rings. The molecular weight excluding hydrogens is 376 g/mol. The molecule has 1 amide bonds. The molecule has 0 spiro atoms. The maximum Gasteiger partial charge on any atom is 0.261 e. The highest BCUT2D eigenvalue weighted by Gasteiger charge is 2.23. The van der Waals surface area contributed by atoms with Gasteiger partial charge in [0.15, 0.2) is 0 Å². The zero-order chi connectivity index (χ0) is 19.9. The molecule has 28 heavy (non-hydrogen) atoms. The number of carbonyl (C=O) groups excluding carboxylic acids is 1. The average molecular weight is 398 g/mol. The second-order valence-electron chi connectivity index (χ2n) is 7.31. The third-order valence-corrected chi connectivity index (χ3v) is 6.42. The molecule has 146 valence electrons. The van der Waals surface area contributed by atoms with Crippen molar-refractivity contribution in [2.24, 2.45) is 0 Å². The van der Waals surface area contributed by atoms with Crippen LogP contribution in [0.15, 0.2) is 47.4 Å². The fourth-order valence-electron chi connectivity index (χ4n) is 3.24. The third kappa shape index (κ3) is 3.47. The molecule has 0 atom stereocenters. The SMILES string of the molecule is CN(C)C(=O)c1cccc(S(=O)(=O)Nc2ccc3nc(C4CCC4)[nH]c3c2)c1. The van der Waals surface area contributed by atoms with Crippen LogP contribution in [0.5, 0.6) is 0 Å². The summed E-state index contributed by atoms with van der Waals surface area (Å²) < 4.78 is 28.2. The number of aromatic amines is 1. The van der Waals surface area contributed by atoms with Crippen LogP contribution in [-0.4, -0.2) is 43.3 Å². The van der Waals surface area contributed by atoms with Gasteiger partial charge in [0, 0.05) is 25.6 Å². The Hall–Kier alpha value is -2.87. The van der Waals surface area contributed by atoms with E-state index in [1.165, 1.54) is 23.5 Å². The summed E-state index contributed by atoms with van der Waals surface area (Å²) in [7, 11) is -0.573. The number of anilines is 1. The lowest BCUT2D eigenvalue weighted by atomic mass is 9.85. The number of hydrogen-bond acceptors (Lipinski definition) is 4. The molecule has 0 unspecified atom stereocenters. The van der Waals surface area contributed by atoms with Crippen molar-refractivity contribution >= 4 is 32.7 Å². The van der Waals surface area contributed by atoms with Crippen molar-refractivity contribution < 1.29 is 13.2 Å². The minimum atomic E-state index is -3.82. The number of nitrogens with zero attached hydrogens (tertiary/aromatic N) is 2. The van der Waals surface area contributed by atoms with E-state index < -0.39 is 10.0 Å². The number of hydrogen-bond donors (Lipinski definition) is 2. The maximum absolute atomic E-state index is 12.8. The van der Waals surface area contributed by atoms with Crippen molar-refractivity contribution in [2.75, 3.05) is 18.8 Å². The first-order chi connectivity index (χ1) is 13.3. The molecule has 2 aromatic carbocycles. The Kier molecular flexibility index (Phi) is 4.58. The Morgan fingerprint density at radius 2 is 1.96 bits per heavy atom. The largest absolute Gasteiger partial charge is 0.345 e. The van der Waals surface area contributed by atoms with Crippen molar-refractivity contribution in [3.8, 4) is 0 Å². The van der Waals surface area contributed by atoms with Gasteiger partial charge in [-0.15, -0.1) is 0 Å². The van der Waals surface area contributed by atoms with E-state index in [9.17, 15) is 13.2 Å². The Bertz CT molecular complexity index is 1150. The topological polar surface area (TPSA) is 95.2 Å². The predicted octanol–water partition coefficient (Wildman–Crippen LogP) is 3.33. The number of sulfonamides is 1. The van der Waals surface area contributed by atoms with Gasteiger partial charge in [0.1, 0.15) is 5.82 Å². The van der Waals surface area contributed by atoms with E-state index in [4.69, 9.17) is 0 Å². The zero-order valence-electron chi connectivity index (χ0n) is 15.8. The number of nitrogens with one attached hydrogen (secondary N) is 2. The monoisotopic (exact) mass is 398 g/mol. The Labute approximate surface area is 163 Å². The van der Waals surface area contributed by atoms with Crippen LogP contribution in [0.1, 0.15) is 41.4 Å². The van der Waals surface area contributed by atoms with Crippen LogP contribution in [0.2, 0.25) is 0 Å². The molecule has 0 radical (unpaired) electrons. The second kappa shape index (κ2) is 6.94. The number of amides is 1. The van der Waals surface area contributed by atoms with Crippen LogP contribution in [0.25, 0.3) is 11.0 Å². The number of carbonyl (C=O) groups is 1. The fraction of sp³-hybridized carbons (Fsp3) is 0.300. The van der Waals surface area contributed by atoms with Crippen LogP contribution >= 0.6 is 0 Å². The number of H-pyrrole nitrogens is 1. The molecule has 1 aliphatic carbocycles. The summed E-state index contributed by atoms with van der Waals surface area (Å²) in [6.07, 6.45) is 3.50. The molecule has 0 aliphatic heterocycles. The van der Waals surface area contributed by atoms with Gasteiger partial charge in [-0.3, -0.25) is 9.52 Å². The predicted molar refractivity (Wildman–Crippen MR) is 108 cm³/mol. The zero-order valence-corrected chi connectivity index (χ0v) is 16.6. The molecule has 1 aliphatic rings. The number of aromatic nitrogens is 2. The van der Waals surface area contributed by atoms with Crippen LogP contribution < -0.4 is 4.72 Å². The molecule has 0 bridgehead atoms. The summed E-state index contributed by atoms with van der Waals surface area (Å²) in [4.78, 5) is 21.5. The van der Waals surface area contributed by atoms with Gasteiger partial charge in [-0.2, -0.15) is 0 Å². The first-order valence-corrected chi connectivity index (χ1v) is 10.7. The van der Waals surface area contributed by atoms with E-state index in [2.05, 4.69) is 14.7 Å². The first kappa shape index (κ1) is 18.5. The molecule has 7 nitrogen and oxygen atoms in total. The van der Waals surface area contributed by atoms with E-state index in [-0.39, 0.29) is 10.8 Å². The molecule has 1 heterocycles. The summed E-state index contributed by atoms with van der Waals surface area (Å²) >= 11 is 0. The van der Waals surface area contributed by atoms with Gasteiger partial charge in [0.05, 0.1) is 21.6 Å². The molecule has 1 saturated carbocycles. The summed E-state index contributed by atoms with van der Waals surface area (Å²) in [5.74, 6) is 1.19. The summed E-state index contributed by atoms with van der Waals surface area (Å²) in [6, 6.07) is 11.3. The molecule has 3 aromatic rings. The lowest BCUT2D eigenvalue weighted by Gasteiger charge is -2.22. The summed E-state index contributed by atoms with van der Waals surface area (Å²) in [5, 5.41) is 0. The van der Waals surface area contributed by atoms with Gasteiger partial charge in [0.25, 0.3) is 15.9 Å². The lowest BCUT2D eigenvalue weighted by molar-refractivity contribution is 0.0827. The highest BCUT2D eigenvalue weighted by molar-refractivity contribution is 7.92. The van der Waals surface area contributed by atoms with E-state index in [1.807, 2.05) is 0 Å². The molecule has 8 heteroatoms. The van der Waals surface area contributed by atoms with Gasteiger partial charge in [-0.25, -0.2) is 13.4 Å². The number of rotatable bonds is 5. The average Bonchev–Trinajstić information content (AvgIpc) is 3.01. The quantitative estimate of drug-likeness (QED) is 0.689. The summed E-state index contributed by atoms with van der Waals surface area (Å²) in [6.45, 7) is 0. The maximum atomic E-state index is 12.8. The molecule has 4 rings (SSSR count). The number of benzene rings is 2. The van der Waals surface area contributed by atoms with E-state index in [0.717, 1.165) is 29.7 Å². The van der Waals surface area contributed by atoms with Crippen molar-refractivity contribution in [1.29, 1.82) is 0 Å². The Balaban J connectivity index is 1.60. The van der Waals surface area contributed by atoms with Crippen LogP contribution in [0, 0.1) is 0 Å². The highest BCUT2D eigenvalue weighted by Crippen LogP contribution is 2.35. The van der Waals surface area contributed by atoms with Gasteiger partial charge in [-0.05, 0) is 49.2 Å². The van der Waals surface area contributed by atoms with E-state index >= 15 is 0 Å². The number of imidazole rings is 1. The van der Waals surface area contributed by atoms with Crippen molar-refractivity contribution in [2.45, 2.75) is 30.1 Å². The van der Waals surface area contributed by atoms with E-state index in [0.29, 0.717) is 17.2 Å². The van der Waals surface area contributed by atoms with Crippen molar-refractivity contribution in [3.63, 3.8) is 0 Å². The lowest BCUT2D eigenvalue weighted by Crippen LogP contribution is -2.22. The van der Waals surface area contributed by atoms with Crippen molar-refractivity contribution in [3.05, 3.63) is 53.9 Å². The minimum Gasteiger partial charge on any atom is -0.345 e. The van der Waals surface area contributed by atoms with Gasteiger partial charge < -0.3 is 9.88 Å². The normalized spacial score (nSPS) is 14.6. The molecule has 1 aromatic heterocycles. The third-order valence-electron chi connectivity index (χ3n) is 5.04. The first-order valence-electron chi connectivity index (χ1n) is 9.18. The Morgan fingerprint density at radius 3 is 2.64 bits per heavy atom. The van der Waals surface area contributed by atoms with Crippen LogP contribution in [0.4, 0.5) is 5.69 Å². The highest BCUT2D eigenvalue weighted by atomic mass is 32.2. The van der Waals surface area contributed by atoms with Gasteiger partial charge >= 0.3 is 0 Å². The Morgan fingerprint density at radius 1 is 1.18 bits per heavy atom. The van der Waals surface area contributed by atoms with Crippen molar-refractivity contribution in [1.82, 2.24) is 14.9 Å². The molecule has 0 saturated heterocycles. The van der Waals surface area contributed by atoms with Gasteiger partial charge in [-0.1, -0.05) is 12.5 Å². The standard InChI is InChI=1S/C20H22N4O3S/c1-24(2)20(25)14-7-4-8-16(11-14)28(26,27)23-15-9-10-17-18(12-15)22-19(21-17)13-5-3-6-13/h4,7-13,23H,3,5-6H2,1-2H3,(H,21,22). The van der Waals surface area contributed by atoms with Crippen LogP contribution in [-0.2, 0) is 10.0 Å². The second-order valence-corrected chi connectivity index (χ2v) is 9.00.